The van der Waals surface area contributed by atoms with Crippen LogP contribution < -0.4 is 0 Å². The molecule has 2 rings (SSSR count). The zero-order valence-electron chi connectivity index (χ0n) is 14.9. The normalized spacial score (nSPS) is 12.2. The van der Waals surface area contributed by atoms with Crippen LogP contribution in [0.5, 0.6) is 0 Å². The third-order valence-corrected chi connectivity index (χ3v) is 5.77. The van der Waals surface area contributed by atoms with Gasteiger partial charge in [-0.15, -0.1) is 0 Å². The molecular weight excluding hydrogens is 440 g/mol. The fourth-order valence-corrected chi connectivity index (χ4v) is 4.08. The molecule has 0 radical (unpaired) electrons. The minimum atomic E-state index is -5.40. The van der Waals surface area contributed by atoms with E-state index >= 15 is 0 Å². The van der Waals surface area contributed by atoms with Crippen LogP contribution in [0.4, 0.5) is 26.3 Å². The number of halogens is 6. The molecule has 0 amide bonds. The van der Waals surface area contributed by atoms with Crippen molar-refractivity contribution in [2.24, 2.45) is 0 Å². The van der Waals surface area contributed by atoms with Gasteiger partial charge in [0.15, 0.2) is 16.5 Å². The topological polar surface area (TPSA) is 74.7 Å². The molecule has 2 aromatic rings. The lowest BCUT2D eigenvalue weighted by atomic mass is 10.1. The van der Waals surface area contributed by atoms with Gasteiger partial charge in [0, 0.05) is 12.1 Å². The summed E-state index contributed by atoms with van der Waals surface area (Å²) in [6, 6.07) is 3.98. The van der Waals surface area contributed by atoms with Crippen LogP contribution in [-0.2, 0) is 27.5 Å². The minimum absolute atomic E-state index is 0.0889. The van der Waals surface area contributed by atoms with E-state index < -0.39 is 74.3 Å². The highest BCUT2D eigenvalue weighted by Crippen LogP contribution is 2.34. The predicted octanol–water partition coefficient (Wildman–Crippen LogP) is 4.04. The van der Waals surface area contributed by atoms with E-state index in [0.29, 0.717) is 18.2 Å². The number of carbonyl (C=O) groups is 1. The molecule has 1 N–H and O–H groups in total. The highest BCUT2D eigenvalue weighted by Gasteiger charge is 2.38. The van der Waals surface area contributed by atoms with E-state index in [0.717, 1.165) is 18.2 Å². The van der Waals surface area contributed by atoms with Gasteiger partial charge in [-0.05, 0) is 17.7 Å². The molecule has 12 heteroatoms. The second-order valence-corrected chi connectivity index (χ2v) is 7.81. The van der Waals surface area contributed by atoms with Crippen LogP contribution in [0.1, 0.15) is 16.7 Å². The van der Waals surface area contributed by atoms with Gasteiger partial charge in [-0.2, -0.15) is 17.5 Å². The number of alkyl halides is 3. The van der Waals surface area contributed by atoms with Crippen LogP contribution in [-0.4, -0.2) is 30.3 Å². The third-order valence-electron chi connectivity index (χ3n) is 3.94. The fraction of sp³-hybridized carbons (Fsp3) is 0.167. The van der Waals surface area contributed by atoms with Crippen molar-refractivity contribution >= 4 is 22.1 Å². The van der Waals surface area contributed by atoms with Gasteiger partial charge in [0.05, 0.1) is 5.56 Å². The molecule has 0 bridgehead atoms. The third kappa shape index (κ3) is 4.65. The molecule has 0 unspecified atom stereocenters. The van der Waals surface area contributed by atoms with Crippen LogP contribution in [0.15, 0.2) is 41.8 Å². The lowest BCUT2D eigenvalue weighted by molar-refractivity contribution is -0.138. The smallest absolute Gasteiger partial charge is 0.416 e. The monoisotopic (exact) mass is 453 g/mol. The van der Waals surface area contributed by atoms with Crippen molar-refractivity contribution < 1.29 is 44.7 Å². The number of carboxylic acid groups (broad SMARTS) is 1. The van der Waals surface area contributed by atoms with Crippen molar-refractivity contribution in [3.8, 4) is 0 Å². The highest BCUT2D eigenvalue weighted by molar-refractivity contribution is 7.89. The van der Waals surface area contributed by atoms with Gasteiger partial charge >= 0.3 is 12.1 Å². The summed E-state index contributed by atoms with van der Waals surface area (Å²) < 4.78 is 108. The summed E-state index contributed by atoms with van der Waals surface area (Å²) in [6.07, 6.45) is -4.20. The molecule has 0 aromatic heterocycles. The molecule has 0 aliphatic heterocycles. The summed E-state index contributed by atoms with van der Waals surface area (Å²) >= 11 is 0. The van der Waals surface area contributed by atoms with E-state index in [1.54, 1.807) is 0 Å². The second-order valence-electron chi connectivity index (χ2n) is 5.93. The van der Waals surface area contributed by atoms with Crippen LogP contribution >= 0.6 is 0 Å². The molecule has 0 aliphatic carbocycles. The average molecular weight is 453 g/mol. The largest absolute Gasteiger partial charge is 0.480 e. The summed E-state index contributed by atoms with van der Waals surface area (Å²) in [5.74, 6) is -7.49. The highest BCUT2D eigenvalue weighted by atomic mass is 32.2. The Balaban J connectivity index is 2.66. The van der Waals surface area contributed by atoms with Crippen LogP contribution in [0, 0.1) is 17.5 Å². The molecule has 2 aromatic carbocycles. The molecule has 0 spiro atoms. The van der Waals surface area contributed by atoms with E-state index in [-0.39, 0.29) is 4.31 Å². The van der Waals surface area contributed by atoms with Crippen molar-refractivity contribution in [1.29, 1.82) is 0 Å². The van der Waals surface area contributed by atoms with Gasteiger partial charge < -0.3 is 5.11 Å². The van der Waals surface area contributed by atoms with Crippen LogP contribution in [0.25, 0.3) is 6.08 Å². The number of carboxylic acids is 1. The van der Waals surface area contributed by atoms with E-state index in [1.165, 1.54) is 0 Å². The van der Waals surface area contributed by atoms with Gasteiger partial charge in [-0.1, -0.05) is 30.9 Å². The number of hydrogen-bond acceptors (Lipinski definition) is 3. The fourth-order valence-electron chi connectivity index (χ4n) is 2.61. The van der Waals surface area contributed by atoms with Crippen LogP contribution in [0.3, 0.4) is 0 Å². The number of benzene rings is 2. The lowest BCUT2D eigenvalue weighted by Gasteiger charge is -2.23. The Morgan fingerprint density at radius 3 is 2.27 bits per heavy atom. The van der Waals surface area contributed by atoms with Gasteiger partial charge in [0.2, 0.25) is 10.0 Å². The van der Waals surface area contributed by atoms with Crippen molar-refractivity contribution in [3.05, 3.63) is 71.1 Å². The maximum Gasteiger partial charge on any atom is 0.416 e. The maximum absolute atomic E-state index is 14.3. The van der Waals surface area contributed by atoms with E-state index in [4.69, 9.17) is 5.11 Å². The van der Waals surface area contributed by atoms with Crippen molar-refractivity contribution in [3.63, 3.8) is 0 Å². The number of nitrogens with zero attached hydrogens (tertiary/aromatic N) is 1. The van der Waals surface area contributed by atoms with Crippen molar-refractivity contribution in [2.45, 2.75) is 17.6 Å². The molecule has 0 aliphatic rings. The SMILES string of the molecule is C=Cc1cc(F)c(S(=O)(=O)N(CC(=O)O)Cc2ccccc2C(F)(F)F)c(F)c1F. The molecule has 5 nitrogen and oxygen atoms in total. The Bertz CT molecular complexity index is 1100. The molecule has 30 heavy (non-hydrogen) atoms. The number of rotatable bonds is 7. The Labute approximate surface area is 166 Å². The van der Waals surface area contributed by atoms with Crippen molar-refractivity contribution in [2.75, 3.05) is 6.54 Å². The summed E-state index contributed by atoms with van der Waals surface area (Å²) in [6.45, 7) is 0.493. The summed E-state index contributed by atoms with van der Waals surface area (Å²) in [7, 11) is -5.40. The first-order chi connectivity index (χ1) is 13.8. The average Bonchev–Trinajstić information content (AvgIpc) is 2.63. The van der Waals surface area contributed by atoms with E-state index in [2.05, 4.69) is 6.58 Å². The standard InChI is InChI=1S/C18H13F6NO4S/c1-2-10-7-13(19)17(16(21)15(10)20)30(28,29)25(9-14(26)27)8-11-5-3-4-6-12(11)18(22,23)24/h2-7H,1,8-9H2,(H,26,27). The minimum Gasteiger partial charge on any atom is -0.480 e. The molecule has 0 heterocycles. The zero-order valence-corrected chi connectivity index (χ0v) is 15.7. The summed E-state index contributed by atoms with van der Waals surface area (Å²) in [5, 5.41) is 8.97. The first kappa shape index (κ1) is 23.4. The first-order valence-corrected chi connectivity index (χ1v) is 9.41. The quantitative estimate of drug-likeness (QED) is 0.507. The number of hydrogen-bond donors (Lipinski definition) is 1. The van der Waals surface area contributed by atoms with Gasteiger partial charge in [0.25, 0.3) is 0 Å². The zero-order chi connectivity index (χ0) is 22.9. The summed E-state index contributed by atoms with van der Waals surface area (Å²) in [5.41, 5.74) is -2.64. The van der Waals surface area contributed by atoms with Gasteiger partial charge in [-0.3, -0.25) is 4.79 Å². The molecular formula is C18H13F6NO4S. The second kappa shape index (κ2) is 8.48. The molecule has 0 saturated heterocycles. The Kier molecular flexibility index (Phi) is 6.62. The van der Waals surface area contributed by atoms with E-state index in [1.807, 2.05) is 0 Å². The number of aliphatic carboxylic acids is 1. The molecule has 162 valence electrons. The Morgan fingerprint density at radius 1 is 1.13 bits per heavy atom. The van der Waals surface area contributed by atoms with E-state index in [9.17, 15) is 39.6 Å². The number of sulfonamides is 1. The van der Waals surface area contributed by atoms with Crippen LogP contribution in [0.2, 0.25) is 0 Å². The maximum atomic E-state index is 14.3. The molecule has 0 atom stereocenters. The van der Waals surface area contributed by atoms with Crippen molar-refractivity contribution in [1.82, 2.24) is 4.31 Å². The van der Waals surface area contributed by atoms with Gasteiger partial charge in [-0.25, -0.2) is 21.6 Å². The Hall–Kier alpha value is -2.86. The first-order valence-electron chi connectivity index (χ1n) is 7.97. The summed E-state index contributed by atoms with van der Waals surface area (Å²) in [4.78, 5) is 9.27. The molecule has 0 fully saturated rings. The molecule has 0 saturated carbocycles. The Morgan fingerprint density at radius 2 is 1.73 bits per heavy atom. The predicted molar refractivity (Wildman–Crippen MR) is 93.1 cm³/mol. The lowest BCUT2D eigenvalue weighted by Crippen LogP contribution is -2.37. The van der Waals surface area contributed by atoms with Gasteiger partial charge in [0.1, 0.15) is 12.4 Å².